The minimum Gasteiger partial charge on any atom is -0.481 e. The Bertz CT molecular complexity index is 641. The molecule has 0 spiro atoms. The smallest absolute Gasteiger partial charge is 0.307 e. The third-order valence-corrected chi connectivity index (χ3v) is 4.52. The maximum absolute atomic E-state index is 13.3. The van der Waals surface area contributed by atoms with E-state index in [4.69, 9.17) is 0 Å². The fraction of sp³-hybridized carbons (Fsp3) is 0.188. The number of hydrogen-bond donors (Lipinski definition) is 1. The molecule has 0 fully saturated rings. The second-order valence-electron chi connectivity index (χ2n) is 4.81. The Morgan fingerprint density at radius 2 is 1.76 bits per heavy atom. The highest BCUT2D eigenvalue weighted by Gasteiger charge is 2.20. The number of carboxylic acid groups (broad SMARTS) is 1. The SMILES string of the molecule is O=C(O)C(Cc1ccc(Br)cc1)Cc1cc(F)ccc1Br. The third kappa shape index (κ3) is 4.64. The van der Waals surface area contributed by atoms with Crippen LogP contribution in [-0.4, -0.2) is 11.1 Å². The van der Waals surface area contributed by atoms with Crippen molar-refractivity contribution in [2.24, 2.45) is 5.92 Å². The average Bonchev–Trinajstić information content (AvgIpc) is 2.44. The summed E-state index contributed by atoms with van der Waals surface area (Å²) in [5, 5.41) is 9.39. The summed E-state index contributed by atoms with van der Waals surface area (Å²) >= 11 is 6.68. The highest BCUT2D eigenvalue weighted by molar-refractivity contribution is 9.10. The van der Waals surface area contributed by atoms with Gasteiger partial charge >= 0.3 is 5.97 Å². The molecule has 0 saturated carbocycles. The lowest BCUT2D eigenvalue weighted by Crippen LogP contribution is -2.19. The summed E-state index contributed by atoms with van der Waals surface area (Å²) in [5.74, 6) is -1.83. The van der Waals surface area contributed by atoms with Crippen LogP contribution < -0.4 is 0 Å². The zero-order valence-corrected chi connectivity index (χ0v) is 14.2. The summed E-state index contributed by atoms with van der Waals surface area (Å²) in [6, 6.07) is 11.9. The first-order valence-corrected chi connectivity index (χ1v) is 7.95. The first-order valence-electron chi connectivity index (χ1n) is 6.37. The van der Waals surface area contributed by atoms with Gasteiger partial charge in [0, 0.05) is 8.95 Å². The van der Waals surface area contributed by atoms with Crippen molar-refractivity contribution in [3.8, 4) is 0 Å². The summed E-state index contributed by atoms with van der Waals surface area (Å²) in [5.41, 5.74) is 1.61. The molecule has 2 aromatic carbocycles. The molecular formula is C16H13Br2FO2. The fourth-order valence-corrected chi connectivity index (χ4v) is 2.79. The summed E-state index contributed by atoms with van der Waals surface area (Å²) < 4.78 is 15.0. The number of aliphatic carboxylic acids is 1. The van der Waals surface area contributed by atoms with Crippen LogP contribution in [-0.2, 0) is 17.6 Å². The van der Waals surface area contributed by atoms with Gasteiger partial charge in [-0.2, -0.15) is 0 Å². The molecule has 0 aliphatic carbocycles. The normalized spacial score (nSPS) is 12.1. The number of halogens is 3. The number of rotatable bonds is 5. The van der Waals surface area contributed by atoms with Crippen LogP contribution in [0.4, 0.5) is 4.39 Å². The van der Waals surface area contributed by atoms with Gasteiger partial charge in [-0.05, 0) is 54.3 Å². The Labute approximate surface area is 139 Å². The zero-order chi connectivity index (χ0) is 15.4. The molecule has 110 valence electrons. The van der Waals surface area contributed by atoms with Gasteiger partial charge in [0.2, 0.25) is 0 Å². The van der Waals surface area contributed by atoms with Crippen LogP contribution in [0.5, 0.6) is 0 Å². The number of hydrogen-bond acceptors (Lipinski definition) is 1. The van der Waals surface area contributed by atoms with E-state index in [0.717, 1.165) is 14.5 Å². The van der Waals surface area contributed by atoms with Gasteiger partial charge in [0.15, 0.2) is 0 Å². The summed E-state index contributed by atoms with van der Waals surface area (Å²) in [6.45, 7) is 0. The molecule has 1 unspecified atom stereocenters. The van der Waals surface area contributed by atoms with E-state index in [9.17, 15) is 14.3 Å². The molecule has 0 amide bonds. The standard InChI is InChI=1S/C16H13Br2FO2/c17-13-3-1-10(2-4-13)7-12(16(20)21)8-11-9-14(19)5-6-15(11)18/h1-6,9,12H,7-8H2,(H,20,21). The molecule has 1 atom stereocenters. The number of carbonyl (C=O) groups is 1. The van der Waals surface area contributed by atoms with E-state index in [2.05, 4.69) is 31.9 Å². The molecule has 5 heteroatoms. The van der Waals surface area contributed by atoms with E-state index in [-0.39, 0.29) is 12.2 Å². The summed E-state index contributed by atoms with van der Waals surface area (Å²) in [4.78, 5) is 11.5. The zero-order valence-electron chi connectivity index (χ0n) is 11.0. The van der Waals surface area contributed by atoms with Crippen molar-refractivity contribution < 1.29 is 14.3 Å². The van der Waals surface area contributed by atoms with Crippen molar-refractivity contribution in [2.45, 2.75) is 12.8 Å². The van der Waals surface area contributed by atoms with E-state index in [1.54, 1.807) is 6.07 Å². The molecule has 0 radical (unpaired) electrons. The minimum atomic E-state index is -0.880. The average molecular weight is 416 g/mol. The Balaban J connectivity index is 2.17. The first kappa shape index (κ1) is 16.2. The van der Waals surface area contributed by atoms with Crippen LogP contribution in [0.2, 0.25) is 0 Å². The Hall–Kier alpha value is -1.20. The second kappa shape index (κ2) is 7.18. The van der Waals surface area contributed by atoms with Crippen LogP contribution in [0.15, 0.2) is 51.4 Å². The molecule has 2 nitrogen and oxygen atoms in total. The van der Waals surface area contributed by atoms with Gasteiger partial charge in [-0.1, -0.05) is 44.0 Å². The molecule has 2 aromatic rings. The molecular weight excluding hydrogens is 403 g/mol. The number of carboxylic acids is 1. The van der Waals surface area contributed by atoms with Gasteiger partial charge in [-0.15, -0.1) is 0 Å². The Morgan fingerprint density at radius 3 is 2.38 bits per heavy atom. The topological polar surface area (TPSA) is 37.3 Å². The lowest BCUT2D eigenvalue weighted by molar-refractivity contribution is -0.141. The van der Waals surface area contributed by atoms with Crippen LogP contribution in [0.1, 0.15) is 11.1 Å². The lowest BCUT2D eigenvalue weighted by Gasteiger charge is -2.14. The van der Waals surface area contributed by atoms with E-state index in [0.29, 0.717) is 12.0 Å². The van der Waals surface area contributed by atoms with Gasteiger partial charge < -0.3 is 5.11 Å². The van der Waals surface area contributed by atoms with Crippen LogP contribution >= 0.6 is 31.9 Å². The van der Waals surface area contributed by atoms with Crippen molar-refractivity contribution in [3.05, 3.63) is 68.4 Å². The number of benzene rings is 2. The van der Waals surface area contributed by atoms with Crippen molar-refractivity contribution in [1.82, 2.24) is 0 Å². The van der Waals surface area contributed by atoms with Crippen molar-refractivity contribution in [2.75, 3.05) is 0 Å². The lowest BCUT2D eigenvalue weighted by atomic mass is 9.92. The third-order valence-electron chi connectivity index (χ3n) is 3.22. The maximum atomic E-state index is 13.3. The molecule has 2 rings (SSSR count). The van der Waals surface area contributed by atoms with Gasteiger partial charge in [0.05, 0.1) is 5.92 Å². The van der Waals surface area contributed by atoms with Crippen molar-refractivity contribution in [1.29, 1.82) is 0 Å². The summed E-state index contributed by atoms with van der Waals surface area (Å²) in [6.07, 6.45) is 0.690. The molecule has 21 heavy (non-hydrogen) atoms. The fourth-order valence-electron chi connectivity index (χ4n) is 2.12. The van der Waals surface area contributed by atoms with E-state index in [1.165, 1.54) is 12.1 Å². The van der Waals surface area contributed by atoms with E-state index in [1.807, 2.05) is 24.3 Å². The highest BCUT2D eigenvalue weighted by atomic mass is 79.9. The maximum Gasteiger partial charge on any atom is 0.307 e. The molecule has 0 aromatic heterocycles. The quantitative estimate of drug-likeness (QED) is 0.758. The van der Waals surface area contributed by atoms with Crippen LogP contribution in [0, 0.1) is 11.7 Å². The molecule has 0 saturated heterocycles. The molecule has 0 bridgehead atoms. The van der Waals surface area contributed by atoms with Gasteiger partial charge in [0.25, 0.3) is 0 Å². The van der Waals surface area contributed by atoms with Gasteiger partial charge in [0.1, 0.15) is 5.82 Å². The highest BCUT2D eigenvalue weighted by Crippen LogP contribution is 2.23. The van der Waals surface area contributed by atoms with E-state index >= 15 is 0 Å². The minimum absolute atomic E-state index is 0.281. The Kier molecular flexibility index (Phi) is 5.53. The van der Waals surface area contributed by atoms with Crippen LogP contribution in [0.25, 0.3) is 0 Å². The Morgan fingerprint density at radius 1 is 1.10 bits per heavy atom. The van der Waals surface area contributed by atoms with E-state index < -0.39 is 11.9 Å². The van der Waals surface area contributed by atoms with Gasteiger partial charge in [-0.3, -0.25) is 4.79 Å². The van der Waals surface area contributed by atoms with Crippen LogP contribution in [0.3, 0.4) is 0 Å². The van der Waals surface area contributed by atoms with Crippen molar-refractivity contribution in [3.63, 3.8) is 0 Å². The predicted octanol–water partition coefficient (Wildman–Crippen LogP) is 4.84. The second-order valence-corrected chi connectivity index (χ2v) is 6.58. The molecule has 0 heterocycles. The van der Waals surface area contributed by atoms with Gasteiger partial charge in [-0.25, -0.2) is 4.39 Å². The largest absolute Gasteiger partial charge is 0.481 e. The first-order chi connectivity index (χ1) is 9.95. The monoisotopic (exact) mass is 414 g/mol. The molecule has 0 aliphatic rings. The molecule has 0 aliphatic heterocycles. The van der Waals surface area contributed by atoms with Crippen molar-refractivity contribution >= 4 is 37.8 Å². The predicted molar refractivity (Wildman–Crippen MR) is 86.8 cm³/mol. The molecule has 1 N–H and O–H groups in total. The summed E-state index contributed by atoms with van der Waals surface area (Å²) in [7, 11) is 0.